The summed E-state index contributed by atoms with van der Waals surface area (Å²) in [4.78, 5) is 73.2. The number of hydrogen-bond acceptors (Lipinski definition) is 8. The summed E-state index contributed by atoms with van der Waals surface area (Å²) in [5, 5.41) is 11.5. The molecule has 2 aromatic carbocycles. The lowest BCUT2D eigenvalue weighted by Gasteiger charge is -2.26. The van der Waals surface area contributed by atoms with Crippen LogP contribution >= 0.6 is 0 Å². The fraction of sp³-hybridized carbons (Fsp3) is 0.227. The molecule has 1 atom stereocenters. The number of carbonyl (C=O) groups excluding carboxylic acids is 5. The topological polar surface area (TPSA) is 156 Å². The molecule has 1 aliphatic heterocycles. The highest BCUT2D eigenvalue weighted by Crippen LogP contribution is 2.26. The van der Waals surface area contributed by atoms with E-state index in [4.69, 9.17) is 4.74 Å². The Labute approximate surface area is 193 Å². The van der Waals surface area contributed by atoms with Crippen molar-refractivity contribution in [2.45, 2.75) is 26.3 Å². The first-order chi connectivity index (χ1) is 16.1. The lowest BCUT2D eigenvalue weighted by Crippen LogP contribution is -2.54. The molecule has 0 saturated carbocycles. The van der Waals surface area contributed by atoms with E-state index >= 15 is 0 Å². The molecular formula is C22H20N4O8. The Balaban J connectivity index is 1.78. The van der Waals surface area contributed by atoms with Crippen molar-refractivity contribution < 1.29 is 33.6 Å². The number of anilines is 1. The van der Waals surface area contributed by atoms with Gasteiger partial charge in [0.25, 0.3) is 17.5 Å². The number of hydrazine groups is 1. The molecule has 1 aliphatic rings. The average Bonchev–Trinajstić information content (AvgIpc) is 3.10. The van der Waals surface area contributed by atoms with Crippen LogP contribution in [0, 0.1) is 10.1 Å². The minimum Gasteiger partial charge on any atom is -0.462 e. The quantitative estimate of drug-likeness (QED) is 0.290. The number of esters is 1. The van der Waals surface area contributed by atoms with Crippen molar-refractivity contribution >= 4 is 41.0 Å². The standard InChI is InChI=1S/C22H20N4O8/c1-3-34-22(31)15-6-8-16(9-7-15)24-19(28)12-18(21(24)30)25(13(2)27)23-20(29)14-4-10-17(11-5-14)26(32)33/h4-11,18H,3,12H2,1-2H3,(H,23,29). The van der Waals surface area contributed by atoms with Crippen LogP contribution in [0.2, 0.25) is 0 Å². The van der Waals surface area contributed by atoms with Gasteiger partial charge >= 0.3 is 5.97 Å². The molecule has 0 bridgehead atoms. The molecule has 0 spiro atoms. The third-order valence-electron chi connectivity index (χ3n) is 4.97. The molecule has 1 saturated heterocycles. The van der Waals surface area contributed by atoms with E-state index in [-0.39, 0.29) is 35.5 Å². The van der Waals surface area contributed by atoms with Gasteiger partial charge in [0.1, 0.15) is 6.04 Å². The fourth-order valence-electron chi connectivity index (χ4n) is 3.33. The highest BCUT2D eigenvalue weighted by molar-refractivity contribution is 6.23. The highest BCUT2D eigenvalue weighted by atomic mass is 16.6. The van der Waals surface area contributed by atoms with Gasteiger partial charge in [0.2, 0.25) is 11.8 Å². The predicted octanol–water partition coefficient (Wildman–Crippen LogP) is 1.60. The molecule has 34 heavy (non-hydrogen) atoms. The van der Waals surface area contributed by atoms with Crippen molar-refractivity contribution in [2.75, 3.05) is 11.5 Å². The summed E-state index contributed by atoms with van der Waals surface area (Å²) in [7, 11) is 0. The van der Waals surface area contributed by atoms with E-state index in [0.717, 1.165) is 29.0 Å². The Morgan fingerprint density at radius 1 is 1.09 bits per heavy atom. The molecule has 1 fully saturated rings. The number of carbonyl (C=O) groups is 5. The van der Waals surface area contributed by atoms with Crippen LogP contribution in [0.15, 0.2) is 48.5 Å². The molecule has 3 rings (SSSR count). The smallest absolute Gasteiger partial charge is 0.338 e. The number of hydrogen-bond donors (Lipinski definition) is 1. The SMILES string of the molecule is CCOC(=O)c1ccc(N2C(=O)CC(N(NC(=O)c3ccc([N+](=O)[O-])cc3)C(C)=O)C2=O)cc1. The second-order valence-corrected chi connectivity index (χ2v) is 7.19. The molecule has 0 aliphatic carbocycles. The number of imide groups is 1. The van der Waals surface area contributed by atoms with Crippen LogP contribution in [0.1, 0.15) is 41.0 Å². The molecule has 1 unspecified atom stereocenters. The van der Waals surface area contributed by atoms with Crippen molar-refractivity contribution in [3.05, 3.63) is 69.8 Å². The summed E-state index contributed by atoms with van der Waals surface area (Å²) in [6.45, 7) is 2.97. The van der Waals surface area contributed by atoms with E-state index in [0.29, 0.717) is 0 Å². The Hall–Kier alpha value is -4.61. The van der Waals surface area contributed by atoms with Gasteiger partial charge in [0.05, 0.1) is 29.2 Å². The van der Waals surface area contributed by atoms with E-state index in [1.807, 2.05) is 0 Å². The van der Waals surface area contributed by atoms with Crippen LogP contribution in [0.25, 0.3) is 0 Å². The zero-order chi connectivity index (χ0) is 25.0. The van der Waals surface area contributed by atoms with Gasteiger partial charge in [0, 0.05) is 24.6 Å². The van der Waals surface area contributed by atoms with E-state index in [9.17, 15) is 34.1 Å². The molecule has 2 aromatic rings. The molecule has 1 heterocycles. The number of benzene rings is 2. The number of nitro groups is 1. The van der Waals surface area contributed by atoms with Gasteiger partial charge in [-0.05, 0) is 43.3 Å². The van der Waals surface area contributed by atoms with Crippen molar-refractivity contribution in [2.24, 2.45) is 0 Å². The summed E-state index contributed by atoms with van der Waals surface area (Å²) < 4.78 is 4.90. The highest BCUT2D eigenvalue weighted by Gasteiger charge is 2.44. The van der Waals surface area contributed by atoms with Gasteiger partial charge in [-0.3, -0.25) is 34.7 Å². The van der Waals surface area contributed by atoms with Crippen LogP contribution < -0.4 is 10.3 Å². The first kappa shape index (κ1) is 24.0. The number of non-ortho nitro benzene ring substituents is 1. The van der Waals surface area contributed by atoms with Gasteiger partial charge in [0.15, 0.2) is 0 Å². The third kappa shape index (κ3) is 4.90. The van der Waals surface area contributed by atoms with E-state index in [2.05, 4.69) is 5.43 Å². The molecule has 176 valence electrons. The van der Waals surface area contributed by atoms with Gasteiger partial charge in [-0.2, -0.15) is 0 Å². The predicted molar refractivity (Wildman–Crippen MR) is 116 cm³/mol. The zero-order valence-corrected chi connectivity index (χ0v) is 18.2. The van der Waals surface area contributed by atoms with Crippen molar-refractivity contribution in [3.8, 4) is 0 Å². The monoisotopic (exact) mass is 468 g/mol. The Kier molecular flexibility index (Phi) is 7.00. The second-order valence-electron chi connectivity index (χ2n) is 7.19. The Morgan fingerprint density at radius 3 is 2.21 bits per heavy atom. The first-order valence-corrected chi connectivity index (χ1v) is 10.1. The maximum absolute atomic E-state index is 13.0. The van der Waals surface area contributed by atoms with Crippen molar-refractivity contribution in [3.63, 3.8) is 0 Å². The van der Waals surface area contributed by atoms with Gasteiger partial charge in [-0.1, -0.05) is 0 Å². The van der Waals surface area contributed by atoms with E-state index in [1.54, 1.807) is 6.92 Å². The fourth-order valence-corrected chi connectivity index (χ4v) is 3.33. The number of amides is 4. The summed E-state index contributed by atoms with van der Waals surface area (Å²) >= 11 is 0. The minimum absolute atomic E-state index is 0.0139. The Bertz CT molecular complexity index is 1160. The van der Waals surface area contributed by atoms with Crippen LogP contribution in [0.5, 0.6) is 0 Å². The number of nitrogens with zero attached hydrogens (tertiary/aromatic N) is 3. The molecule has 0 aromatic heterocycles. The summed E-state index contributed by atoms with van der Waals surface area (Å²) in [6, 6.07) is 8.96. The number of nitro benzene ring substituents is 1. The first-order valence-electron chi connectivity index (χ1n) is 10.1. The summed E-state index contributed by atoms with van der Waals surface area (Å²) in [5.74, 6) is -3.38. The van der Waals surface area contributed by atoms with Crippen LogP contribution in [0.4, 0.5) is 11.4 Å². The molecule has 12 heteroatoms. The molecule has 0 radical (unpaired) electrons. The minimum atomic E-state index is -1.29. The number of nitrogens with one attached hydrogen (secondary N) is 1. The molecule has 12 nitrogen and oxygen atoms in total. The summed E-state index contributed by atoms with van der Waals surface area (Å²) in [6.07, 6.45) is -0.376. The Morgan fingerprint density at radius 2 is 1.68 bits per heavy atom. The lowest BCUT2D eigenvalue weighted by molar-refractivity contribution is -0.384. The average molecular weight is 468 g/mol. The summed E-state index contributed by atoms with van der Waals surface area (Å²) in [5.41, 5.74) is 2.52. The van der Waals surface area contributed by atoms with Crippen molar-refractivity contribution in [1.82, 2.24) is 10.4 Å². The molecular weight excluding hydrogens is 448 g/mol. The van der Waals surface area contributed by atoms with Crippen LogP contribution in [-0.4, -0.2) is 52.2 Å². The molecule has 4 amide bonds. The maximum atomic E-state index is 13.0. The van der Waals surface area contributed by atoms with Gasteiger partial charge < -0.3 is 4.74 Å². The van der Waals surface area contributed by atoms with Gasteiger partial charge in [-0.15, -0.1) is 0 Å². The normalized spacial score (nSPS) is 15.1. The second kappa shape index (κ2) is 9.90. The van der Waals surface area contributed by atoms with E-state index < -0.39 is 40.6 Å². The zero-order valence-electron chi connectivity index (χ0n) is 18.2. The third-order valence-corrected chi connectivity index (χ3v) is 4.97. The van der Waals surface area contributed by atoms with Crippen LogP contribution in [0.3, 0.4) is 0 Å². The van der Waals surface area contributed by atoms with Gasteiger partial charge in [-0.25, -0.2) is 14.7 Å². The maximum Gasteiger partial charge on any atom is 0.338 e. The van der Waals surface area contributed by atoms with Crippen LogP contribution in [-0.2, 0) is 19.1 Å². The number of rotatable bonds is 6. The van der Waals surface area contributed by atoms with Crippen molar-refractivity contribution in [1.29, 1.82) is 0 Å². The largest absolute Gasteiger partial charge is 0.462 e. The number of ether oxygens (including phenoxy) is 1. The van der Waals surface area contributed by atoms with E-state index in [1.165, 1.54) is 36.4 Å². The lowest BCUT2D eigenvalue weighted by atomic mass is 10.2. The molecule has 1 N–H and O–H groups in total.